The molecule has 0 aliphatic rings. The SMILES string of the molecule is [2H]c1ccc2ccccc2c1-c1c(P(c2ccccc2)c2ccccc2)ccc2ccccc12. The summed E-state index contributed by atoms with van der Waals surface area (Å²) >= 11 is 0. The lowest BCUT2D eigenvalue weighted by Gasteiger charge is -2.24. The minimum atomic E-state index is -0.815. The lowest BCUT2D eigenvalue weighted by molar-refractivity contribution is 1.70. The van der Waals surface area contributed by atoms with Crippen LogP contribution in [0.1, 0.15) is 1.37 Å². The Morgan fingerprint density at radius 1 is 0.455 bits per heavy atom. The highest BCUT2D eigenvalue weighted by molar-refractivity contribution is 7.80. The lowest BCUT2D eigenvalue weighted by atomic mass is 9.94. The molecule has 0 N–H and O–H groups in total. The molecule has 33 heavy (non-hydrogen) atoms. The van der Waals surface area contributed by atoms with E-state index >= 15 is 0 Å². The van der Waals surface area contributed by atoms with Crippen molar-refractivity contribution in [3.8, 4) is 11.1 Å². The number of hydrogen-bond donors (Lipinski definition) is 0. The van der Waals surface area contributed by atoms with Crippen molar-refractivity contribution < 1.29 is 1.37 Å². The zero-order chi connectivity index (χ0) is 22.9. The predicted octanol–water partition coefficient (Wildman–Crippen LogP) is 7.42. The first-order valence-electron chi connectivity index (χ1n) is 11.7. The van der Waals surface area contributed by atoms with Crippen LogP contribution in [0.2, 0.25) is 0 Å². The topological polar surface area (TPSA) is 0 Å². The van der Waals surface area contributed by atoms with Crippen LogP contribution in [0, 0.1) is 0 Å². The Hall–Kier alpha value is -3.73. The van der Waals surface area contributed by atoms with Gasteiger partial charge >= 0.3 is 0 Å². The van der Waals surface area contributed by atoms with Crippen molar-refractivity contribution in [2.45, 2.75) is 0 Å². The van der Waals surface area contributed by atoms with Gasteiger partial charge in [0.1, 0.15) is 0 Å². The van der Waals surface area contributed by atoms with Crippen molar-refractivity contribution in [2.24, 2.45) is 0 Å². The van der Waals surface area contributed by atoms with Crippen LogP contribution in [0.3, 0.4) is 0 Å². The maximum Gasteiger partial charge on any atom is 0.0629 e. The van der Waals surface area contributed by atoms with Crippen LogP contribution in [0.4, 0.5) is 0 Å². The van der Waals surface area contributed by atoms with Gasteiger partial charge in [-0.15, -0.1) is 0 Å². The highest BCUT2D eigenvalue weighted by Gasteiger charge is 2.22. The number of fused-ring (bicyclic) bond motifs is 2. The van der Waals surface area contributed by atoms with E-state index in [4.69, 9.17) is 1.37 Å². The van der Waals surface area contributed by atoms with Crippen LogP contribution in [0.25, 0.3) is 32.7 Å². The third kappa shape index (κ3) is 3.63. The second-order valence-corrected chi connectivity index (χ2v) is 10.3. The standard InChI is InChI=1S/C32H23P/c1-3-15-26(16-4-1)33(27-17-5-2-6-18-27)31-23-22-25-13-8-10-20-29(25)32(31)30-21-11-14-24-12-7-9-19-28(24)30/h1-23H/i21D. The third-order valence-electron chi connectivity index (χ3n) is 6.15. The summed E-state index contributed by atoms with van der Waals surface area (Å²) in [6, 6.07) is 47.7. The largest absolute Gasteiger partial charge is 0.0629 e. The van der Waals surface area contributed by atoms with Gasteiger partial charge in [-0.2, -0.15) is 0 Å². The van der Waals surface area contributed by atoms with Crippen LogP contribution in [0.15, 0.2) is 140 Å². The quantitative estimate of drug-likeness (QED) is 0.251. The Bertz CT molecular complexity index is 1570. The molecule has 0 heterocycles. The number of rotatable bonds is 4. The molecule has 0 unspecified atom stereocenters. The Balaban J connectivity index is 1.76. The van der Waals surface area contributed by atoms with Crippen molar-refractivity contribution in [2.75, 3.05) is 0 Å². The van der Waals surface area contributed by atoms with Crippen LogP contribution >= 0.6 is 7.92 Å². The minimum Gasteiger partial charge on any atom is -0.0622 e. The zero-order valence-corrected chi connectivity index (χ0v) is 19.0. The molecule has 0 fully saturated rings. The fourth-order valence-electron chi connectivity index (χ4n) is 4.66. The second kappa shape index (κ2) is 8.66. The molecule has 0 aromatic heterocycles. The molecule has 0 aliphatic carbocycles. The first-order valence-corrected chi connectivity index (χ1v) is 12.6. The fraction of sp³-hybridized carbons (Fsp3) is 0. The summed E-state index contributed by atoms with van der Waals surface area (Å²) < 4.78 is 9.02. The molecule has 6 aromatic rings. The van der Waals surface area contributed by atoms with Crippen molar-refractivity contribution in [3.63, 3.8) is 0 Å². The summed E-state index contributed by atoms with van der Waals surface area (Å²) in [5.41, 5.74) is 2.20. The van der Waals surface area contributed by atoms with E-state index < -0.39 is 7.92 Å². The van der Waals surface area contributed by atoms with E-state index in [1.54, 1.807) is 0 Å². The fourth-order valence-corrected chi connectivity index (χ4v) is 7.13. The minimum absolute atomic E-state index is 0.562. The van der Waals surface area contributed by atoms with Gasteiger partial charge < -0.3 is 0 Å². The van der Waals surface area contributed by atoms with Crippen LogP contribution in [-0.2, 0) is 0 Å². The van der Waals surface area contributed by atoms with E-state index in [0.717, 1.165) is 16.3 Å². The monoisotopic (exact) mass is 439 g/mol. The molecular weight excluding hydrogens is 415 g/mol. The second-order valence-electron chi connectivity index (χ2n) is 8.13. The molecule has 1 heteroatoms. The van der Waals surface area contributed by atoms with Gasteiger partial charge in [0.25, 0.3) is 0 Å². The average molecular weight is 440 g/mol. The van der Waals surface area contributed by atoms with Gasteiger partial charge in [-0.05, 0) is 56.5 Å². The van der Waals surface area contributed by atoms with Crippen molar-refractivity contribution in [1.82, 2.24) is 0 Å². The van der Waals surface area contributed by atoms with Gasteiger partial charge in [-0.25, -0.2) is 0 Å². The Morgan fingerprint density at radius 3 is 1.64 bits per heavy atom. The van der Waals surface area contributed by atoms with Gasteiger partial charge in [0.2, 0.25) is 0 Å². The summed E-state index contributed by atoms with van der Waals surface area (Å²) in [5, 5.41) is 8.60. The predicted molar refractivity (Wildman–Crippen MR) is 146 cm³/mol. The zero-order valence-electron chi connectivity index (χ0n) is 19.1. The molecule has 0 aliphatic heterocycles. The van der Waals surface area contributed by atoms with Crippen LogP contribution in [-0.4, -0.2) is 0 Å². The molecule has 6 rings (SSSR count). The molecule has 156 valence electrons. The highest BCUT2D eigenvalue weighted by atomic mass is 31.1. The number of hydrogen-bond acceptors (Lipinski definition) is 0. The Kier molecular flexibility index (Phi) is 4.93. The molecule has 0 spiro atoms. The number of benzene rings is 6. The van der Waals surface area contributed by atoms with Gasteiger partial charge in [-0.1, -0.05) is 140 Å². The molecule has 0 bridgehead atoms. The van der Waals surface area contributed by atoms with Crippen LogP contribution in [0.5, 0.6) is 0 Å². The maximum atomic E-state index is 9.02. The van der Waals surface area contributed by atoms with E-state index in [1.807, 2.05) is 6.07 Å². The third-order valence-corrected chi connectivity index (χ3v) is 8.63. The first-order chi connectivity index (χ1) is 16.8. The molecule has 0 nitrogen and oxygen atoms in total. The summed E-state index contributed by atoms with van der Waals surface area (Å²) in [4.78, 5) is 0. The van der Waals surface area contributed by atoms with Gasteiger partial charge in [-0.3, -0.25) is 0 Å². The molecule has 0 saturated carbocycles. The van der Waals surface area contributed by atoms with Crippen LogP contribution < -0.4 is 15.9 Å². The normalized spacial score (nSPS) is 11.7. The van der Waals surface area contributed by atoms with E-state index in [-0.39, 0.29) is 0 Å². The molecule has 0 saturated heterocycles. The summed E-state index contributed by atoms with van der Waals surface area (Å²) in [6.07, 6.45) is 0. The van der Waals surface area contributed by atoms with Crippen molar-refractivity contribution in [3.05, 3.63) is 140 Å². The molecule has 6 aromatic carbocycles. The maximum absolute atomic E-state index is 9.02. The van der Waals surface area contributed by atoms with E-state index in [2.05, 4.69) is 127 Å². The van der Waals surface area contributed by atoms with Gasteiger partial charge in [0, 0.05) is 0 Å². The molecule has 0 amide bonds. The average Bonchev–Trinajstić information content (AvgIpc) is 2.90. The van der Waals surface area contributed by atoms with E-state index in [0.29, 0.717) is 6.04 Å². The highest BCUT2D eigenvalue weighted by Crippen LogP contribution is 2.41. The van der Waals surface area contributed by atoms with Gasteiger partial charge in [0.05, 0.1) is 1.37 Å². The smallest absolute Gasteiger partial charge is 0.0622 e. The van der Waals surface area contributed by atoms with Crippen molar-refractivity contribution >= 4 is 45.4 Å². The van der Waals surface area contributed by atoms with E-state index in [1.165, 1.54) is 32.2 Å². The first kappa shape index (κ1) is 18.8. The summed E-state index contributed by atoms with van der Waals surface area (Å²) in [5.74, 6) is 0. The molecular formula is C32H23P. The van der Waals surface area contributed by atoms with Gasteiger partial charge in [0.15, 0.2) is 0 Å². The molecule has 0 radical (unpaired) electrons. The van der Waals surface area contributed by atoms with E-state index in [9.17, 15) is 0 Å². The Labute approximate surface area is 197 Å². The summed E-state index contributed by atoms with van der Waals surface area (Å²) in [6.45, 7) is 0. The Morgan fingerprint density at radius 2 is 0.970 bits per heavy atom. The lowest BCUT2D eigenvalue weighted by Crippen LogP contribution is -2.22. The molecule has 0 atom stereocenters. The summed E-state index contributed by atoms with van der Waals surface area (Å²) in [7, 11) is -0.815. The van der Waals surface area contributed by atoms with Crippen molar-refractivity contribution in [1.29, 1.82) is 0 Å².